The Bertz CT molecular complexity index is 6300. The van der Waals surface area contributed by atoms with Crippen LogP contribution in [0.1, 0.15) is 214 Å². The second-order valence-corrected chi connectivity index (χ2v) is 29.2. The van der Waals surface area contributed by atoms with Gasteiger partial charge in [0.1, 0.15) is 28.2 Å². The highest BCUT2D eigenvalue weighted by molar-refractivity contribution is 5.85. The van der Waals surface area contributed by atoms with E-state index in [1.807, 2.05) is 177 Å². The third-order valence-corrected chi connectivity index (χ3v) is 20.6. The van der Waals surface area contributed by atoms with Crippen LogP contribution < -0.4 is 18.3 Å². The van der Waals surface area contributed by atoms with Crippen LogP contribution in [0.15, 0.2) is 158 Å². The molecule has 0 unspecified atom stereocenters. The molecule has 16 rings (SSSR count). The summed E-state index contributed by atoms with van der Waals surface area (Å²) >= 11 is 0. The molecule has 0 amide bonds. The van der Waals surface area contributed by atoms with Crippen molar-refractivity contribution in [2.24, 2.45) is 33.6 Å². The van der Waals surface area contributed by atoms with E-state index >= 15 is 0 Å². The summed E-state index contributed by atoms with van der Waals surface area (Å²) in [6, 6.07) is 41.9. The maximum absolute atomic E-state index is 8.69. The average molecular weight is 1370 g/mol. The Hall–Kier alpha value is -9.92. The maximum Gasteiger partial charge on any atom is 0.212 e. The van der Waals surface area contributed by atoms with E-state index in [0.29, 0.717) is 42.4 Å². The average Bonchev–Trinajstić information content (AvgIpc) is 1.60. The van der Waals surface area contributed by atoms with E-state index < -0.39 is 64.7 Å². The predicted octanol–water partition coefficient (Wildman–Crippen LogP) is 19.8. The van der Waals surface area contributed by atoms with Crippen molar-refractivity contribution in [3.8, 4) is 89.5 Å². The highest BCUT2D eigenvalue weighted by Crippen LogP contribution is 2.45. The number of benzene rings is 4. The smallest absolute Gasteiger partial charge is 0.212 e. The van der Waals surface area contributed by atoms with Crippen molar-refractivity contribution in [3.05, 3.63) is 282 Å². The Balaban J connectivity index is 0.000000142. The van der Waals surface area contributed by atoms with Gasteiger partial charge < -0.3 is 0 Å². The van der Waals surface area contributed by atoms with E-state index in [1.165, 1.54) is 11.1 Å². The molecule has 8 aromatic heterocycles. The molecule has 0 N–H and O–H groups in total. The molecule has 4 aromatic carbocycles. The molecule has 8 heterocycles. The predicted molar refractivity (Wildman–Crippen MR) is 420 cm³/mol. The summed E-state index contributed by atoms with van der Waals surface area (Å²) in [6.07, 6.45) is 8.11. The summed E-state index contributed by atoms with van der Waals surface area (Å²) in [5.41, 5.74) is 31.7. The Morgan fingerprint density at radius 3 is 1.06 bits per heavy atom. The fourth-order valence-electron chi connectivity index (χ4n) is 15.1. The molecule has 0 saturated heterocycles. The summed E-state index contributed by atoms with van der Waals surface area (Å²) in [6.45, 7) is 9.67. The summed E-state index contributed by atoms with van der Waals surface area (Å²) in [4.78, 5) is 17.8. The molecule has 0 bridgehead atoms. The lowest BCUT2D eigenvalue weighted by atomic mass is 9.87. The minimum Gasteiger partial charge on any atom is -0.257 e. The van der Waals surface area contributed by atoms with Gasteiger partial charge in [-0.2, -0.15) is 0 Å². The van der Waals surface area contributed by atoms with E-state index in [0.717, 1.165) is 157 Å². The maximum atomic E-state index is 8.69. The van der Waals surface area contributed by atoms with E-state index in [1.54, 1.807) is 55.1 Å². The van der Waals surface area contributed by atoms with Gasteiger partial charge in [-0.05, 0) is 237 Å². The molecule has 4 aliphatic carbocycles. The van der Waals surface area contributed by atoms with Gasteiger partial charge in [0, 0.05) is 171 Å². The highest BCUT2D eigenvalue weighted by Gasteiger charge is 2.31. The lowest BCUT2D eigenvalue weighted by Gasteiger charge is -2.18. The van der Waals surface area contributed by atoms with Crippen molar-refractivity contribution in [1.29, 1.82) is 0 Å². The summed E-state index contributed by atoms with van der Waals surface area (Å²) in [7, 11) is 7.66. The van der Waals surface area contributed by atoms with Crippen LogP contribution in [0.4, 0.5) is 0 Å². The first-order valence-corrected chi connectivity index (χ1v) is 34.7. The van der Waals surface area contributed by atoms with Gasteiger partial charge in [0.05, 0.1) is 22.8 Å². The molecule has 4 aliphatic rings. The topological polar surface area (TPSA) is 67.1 Å². The van der Waals surface area contributed by atoms with Crippen LogP contribution in [-0.2, 0) is 60.2 Å². The molecule has 8 nitrogen and oxygen atoms in total. The number of aryl methyl sites for hydroxylation is 11. The van der Waals surface area contributed by atoms with Crippen molar-refractivity contribution in [1.82, 2.24) is 19.9 Å². The molecule has 0 spiro atoms. The van der Waals surface area contributed by atoms with Gasteiger partial charge in [-0.15, -0.1) is 0 Å². The first kappa shape index (κ1) is 48.1. The zero-order valence-electron chi connectivity index (χ0n) is 83.4. The van der Waals surface area contributed by atoms with Crippen LogP contribution in [-0.4, -0.2) is 19.9 Å². The summed E-state index contributed by atoms with van der Waals surface area (Å²) in [5, 5.41) is 0. The van der Waals surface area contributed by atoms with Crippen LogP contribution in [0.3, 0.4) is 0 Å². The van der Waals surface area contributed by atoms with Crippen LogP contribution >= 0.6 is 0 Å². The number of aromatic nitrogens is 8. The minimum absolute atomic E-state index is 0.0981. The molecular weight excluding hydrogens is 1240 g/mol. The molecule has 0 atom stereocenters. The van der Waals surface area contributed by atoms with Gasteiger partial charge in [0.2, 0.25) is 22.8 Å². The fourth-order valence-corrected chi connectivity index (χ4v) is 15.1. The molecule has 12 aromatic rings. The summed E-state index contributed by atoms with van der Waals surface area (Å²) in [5.74, 6) is -1.75. The van der Waals surface area contributed by atoms with Crippen LogP contribution in [0.25, 0.3) is 89.5 Å². The first-order chi connectivity index (χ1) is 57.1. The van der Waals surface area contributed by atoms with E-state index in [4.69, 9.17) is 30.2 Å². The second-order valence-electron chi connectivity index (χ2n) is 29.2. The monoisotopic (exact) mass is 1370 g/mol. The number of hydrogen-bond acceptors (Lipinski definition) is 4. The normalized spacial score (nSPS) is 16.7. The second kappa shape index (κ2) is 27.8. The Morgan fingerprint density at radius 2 is 0.706 bits per heavy atom. The standard InChI is InChI=1S/C25H29N2.C24H27N2.C23H25N2.C22H23N2/c1-16-7-8-21-20-10-9-19(17(2)22(20)14-23(21)26-16)24-13-18(11-12-27(24)6)15-25(3,4)5;1-14(2)21-12-24(26(6)13-15(21)3)18-9-10-19-20-8-7-16(4)25-23(20)11-22(19)17(18)5;1-14(2)17-10-11-25(5)23(12-17)18-8-9-19-20-7-6-15(3)24-22(20)13-21(19)16(18)4;1-13-10-22(24(5)12-14(13)2)17-8-9-18-19-7-6-15(3)23-21(19)11-20(18)16(17)4/h7-13H,14-15H2,1-6H3;7-10,12-14H,11H2,1-6H3;6-12,14H,13H2,1-5H3;6-10,12H,11H2,1-5H3/q4*+1/i1D3,15D2;3D3,4D3,14D;3D3,14D;2D3,3D3. The van der Waals surface area contributed by atoms with Gasteiger partial charge in [0.15, 0.2) is 24.8 Å². The van der Waals surface area contributed by atoms with Crippen molar-refractivity contribution >= 4 is 0 Å². The number of rotatable bonds is 7. The number of pyridine rings is 8. The van der Waals surface area contributed by atoms with Gasteiger partial charge >= 0.3 is 0 Å². The summed E-state index contributed by atoms with van der Waals surface area (Å²) < 4.78 is 181. The largest absolute Gasteiger partial charge is 0.257 e. The quantitative estimate of drug-likeness (QED) is 0.149. The molecular formula is C94H104N8+4. The van der Waals surface area contributed by atoms with Crippen LogP contribution in [0, 0.1) is 81.1 Å². The van der Waals surface area contributed by atoms with Gasteiger partial charge in [-0.25, -0.2) is 18.3 Å². The van der Waals surface area contributed by atoms with Crippen molar-refractivity contribution in [3.63, 3.8) is 0 Å². The first-order valence-electron chi connectivity index (χ1n) is 45.7. The highest BCUT2D eigenvalue weighted by atomic mass is 14.9. The number of nitrogens with zero attached hydrogens (tertiary/aromatic N) is 8. The van der Waals surface area contributed by atoms with Gasteiger partial charge in [-0.3, -0.25) is 19.9 Å². The molecule has 516 valence electrons. The minimum atomic E-state index is -2.31. The molecule has 0 fully saturated rings. The molecule has 0 aliphatic heterocycles. The fraction of sp³-hybridized carbons (Fsp3) is 0.319. The Kier molecular flexibility index (Phi) is 13.1. The zero-order chi connectivity index (χ0) is 91.3. The number of fused-ring (bicyclic) bond motifs is 12. The molecule has 0 saturated carbocycles. The Labute approximate surface area is 639 Å². The van der Waals surface area contributed by atoms with Crippen molar-refractivity contribution in [2.75, 3.05) is 0 Å². The molecule has 102 heavy (non-hydrogen) atoms. The Morgan fingerprint density at radius 1 is 0.373 bits per heavy atom. The lowest BCUT2D eigenvalue weighted by molar-refractivity contribution is -0.660. The van der Waals surface area contributed by atoms with Crippen molar-refractivity contribution < 1.29 is 48.4 Å². The molecule has 8 heteroatoms. The third kappa shape index (κ3) is 13.6. The third-order valence-electron chi connectivity index (χ3n) is 20.6. The molecule has 0 radical (unpaired) electrons. The lowest BCUT2D eigenvalue weighted by Crippen LogP contribution is -2.32. The van der Waals surface area contributed by atoms with Gasteiger partial charge in [0.25, 0.3) is 0 Å². The zero-order valence-corrected chi connectivity index (χ0v) is 61.4. The van der Waals surface area contributed by atoms with Crippen molar-refractivity contribution in [2.45, 2.75) is 168 Å². The SMILES string of the molecule is [2H]C([2H])([2H])c1ccc2c(n1)Cc1c-2ccc(-c2cc(C([2H])(C)C)c(C([2H])([2H])[2H])c[n+]2C)c1C.[2H]C([2H])([2H])c1ccc2c(n1)Cc1c-2ccc(-c2cc(C([2H])(C)C)cc[n+]2C)c1C.[2H]C([2H])([2H])c1ccc2c(n1)Cc1c-2ccc(-c2cc(C([2H])([2H])C(C)(C)C)cc[n+]2C)c1C.[2H]C([2H])([2H])c1ccc2c(n1)Cc1c-2ccc(-c2cc(C)c(C([2H])([2H])[2H])c[n+]2C)c1C. The van der Waals surface area contributed by atoms with Crippen LogP contribution in [0.5, 0.6) is 0 Å². The van der Waals surface area contributed by atoms with E-state index in [-0.39, 0.29) is 28.3 Å². The van der Waals surface area contributed by atoms with E-state index in [9.17, 15) is 0 Å². The van der Waals surface area contributed by atoms with Crippen LogP contribution in [0.2, 0.25) is 0 Å². The van der Waals surface area contributed by atoms with E-state index in [2.05, 4.69) is 75.6 Å². The number of hydrogen-bond donors (Lipinski definition) is 0. The van der Waals surface area contributed by atoms with Gasteiger partial charge in [-0.1, -0.05) is 97.0 Å².